The van der Waals surface area contributed by atoms with Gasteiger partial charge in [0.2, 0.25) is 0 Å². The van der Waals surface area contributed by atoms with Crippen LogP contribution in [0.1, 0.15) is 59.2 Å². The molecule has 1 N–H and O–H groups in total. The number of piperidine rings is 1. The van der Waals surface area contributed by atoms with E-state index in [9.17, 15) is 4.79 Å². The molecule has 0 bridgehead atoms. The highest BCUT2D eigenvalue weighted by molar-refractivity contribution is 5.68. The second-order valence-corrected chi connectivity index (χ2v) is 7.18. The fourth-order valence-electron chi connectivity index (χ4n) is 2.89. The van der Waals surface area contributed by atoms with Crippen molar-refractivity contribution in [1.29, 1.82) is 0 Å². The summed E-state index contributed by atoms with van der Waals surface area (Å²) in [6.07, 6.45) is 6.91. The lowest BCUT2D eigenvalue weighted by Gasteiger charge is -2.41. The quantitative estimate of drug-likeness (QED) is 0.927. The highest BCUT2D eigenvalue weighted by Gasteiger charge is 2.34. The van der Waals surface area contributed by atoms with E-state index in [1.165, 1.54) is 0 Å². The molecule has 128 valence electrons. The van der Waals surface area contributed by atoms with Crippen LogP contribution in [0, 0.1) is 0 Å². The number of aromatic nitrogens is 2. The summed E-state index contributed by atoms with van der Waals surface area (Å²) in [4.78, 5) is 22.7. The van der Waals surface area contributed by atoms with Gasteiger partial charge in [0.05, 0.1) is 5.69 Å². The first-order valence-electron chi connectivity index (χ1n) is 8.29. The molecule has 1 aromatic rings. The Morgan fingerprint density at radius 2 is 2.17 bits per heavy atom. The second kappa shape index (κ2) is 7.25. The van der Waals surface area contributed by atoms with Crippen LogP contribution in [0.4, 0.5) is 4.79 Å². The molecule has 0 aliphatic carbocycles. The van der Waals surface area contributed by atoms with Crippen LogP contribution >= 0.6 is 0 Å². The molecule has 0 saturated carbocycles. The summed E-state index contributed by atoms with van der Waals surface area (Å²) >= 11 is 0. The largest absolute Gasteiger partial charge is 0.444 e. The molecular weight excluding hydrogens is 292 g/mol. The Balaban J connectivity index is 1.99. The Labute approximate surface area is 138 Å². The molecule has 0 spiro atoms. The molecule has 2 rings (SSSR count). The second-order valence-electron chi connectivity index (χ2n) is 7.18. The fourth-order valence-corrected chi connectivity index (χ4v) is 2.89. The number of amides is 1. The van der Waals surface area contributed by atoms with Gasteiger partial charge in [-0.2, -0.15) is 0 Å². The lowest BCUT2D eigenvalue weighted by atomic mass is 9.96. The number of carbonyl (C=O) groups is 1. The first-order chi connectivity index (χ1) is 10.8. The zero-order valence-corrected chi connectivity index (χ0v) is 14.7. The number of hydrogen-bond acceptors (Lipinski definition) is 5. The van der Waals surface area contributed by atoms with Crippen molar-refractivity contribution in [3.8, 4) is 0 Å². The van der Waals surface area contributed by atoms with Crippen molar-refractivity contribution < 1.29 is 9.53 Å². The minimum absolute atomic E-state index is 0.0812. The predicted molar refractivity (Wildman–Crippen MR) is 89.0 cm³/mol. The van der Waals surface area contributed by atoms with Gasteiger partial charge in [-0.15, -0.1) is 0 Å². The lowest BCUT2D eigenvalue weighted by Crippen LogP contribution is -2.55. The Morgan fingerprint density at radius 3 is 2.78 bits per heavy atom. The predicted octanol–water partition coefficient (Wildman–Crippen LogP) is 2.92. The SMILES string of the molecule is CC(NC1CCCN(C(=O)OC(C)(C)C)C1C)c1cnccn1. The van der Waals surface area contributed by atoms with E-state index in [0.717, 1.165) is 25.1 Å². The van der Waals surface area contributed by atoms with Gasteiger partial charge in [-0.3, -0.25) is 9.97 Å². The van der Waals surface area contributed by atoms with Gasteiger partial charge < -0.3 is 15.0 Å². The Morgan fingerprint density at radius 1 is 1.43 bits per heavy atom. The van der Waals surface area contributed by atoms with Gasteiger partial charge in [0.15, 0.2) is 0 Å². The molecular formula is C17H28N4O2. The number of carbonyl (C=O) groups excluding carboxylic acids is 1. The molecule has 1 fully saturated rings. The molecule has 2 heterocycles. The van der Waals surface area contributed by atoms with Crippen LogP contribution in [0.15, 0.2) is 18.6 Å². The van der Waals surface area contributed by atoms with E-state index >= 15 is 0 Å². The van der Waals surface area contributed by atoms with Gasteiger partial charge in [-0.1, -0.05) is 0 Å². The van der Waals surface area contributed by atoms with E-state index in [4.69, 9.17) is 4.74 Å². The monoisotopic (exact) mass is 320 g/mol. The smallest absolute Gasteiger partial charge is 0.410 e. The highest BCUT2D eigenvalue weighted by Crippen LogP contribution is 2.22. The van der Waals surface area contributed by atoms with Crippen molar-refractivity contribution in [3.05, 3.63) is 24.3 Å². The minimum atomic E-state index is -0.468. The number of hydrogen-bond donors (Lipinski definition) is 1. The third kappa shape index (κ3) is 4.89. The third-order valence-corrected chi connectivity index (χ3v) is 4.11. The van der Waals surface area contributed by atoms with E-state index in [1.807, 2.05) is 25.7 Å². The molecule has 0 aromatic carbocycles. The summed E-state index contributed by atoms with van der Waals surface area (Å²) in [6, 6.07) is 0.390. The molecule has 1 aliphatic heterocycles. The van der Waals surface area contributed by atoms with Gasteiger partial charge in [-0.05, 0) is 47.5 Å². The molecule has 1 saturated heterocycles. The van der Waals surface area contributed by atoms with E-state index in [-0.39, 0.29) is 24.2 Å². The summed E-state index contributed by atoms with van der Waals surface area (Å²) < 4.78 is 5.52. The number of likely N-dealkylation sites (tertiary alicyclic amines) is 1. The molecule has 0 radical (unpaired) electrons. The number of nitrogens with zero attached hydrogens (tertiary/aromatic N) is 3. The number of rotatable bonds is 3. The van der Waals surface area contributed by atoms with Crippen molar-refractivity contribution >= 4 is 6.09 Å². The van der Waals surface area contributed by atoms with E-state index < -0.39 is 5.60 Å². The van der Waals surface area contributed by atoms with Gasteiger partial charge in [0, 0.05) is 43.3 Å². The zero-order valence-electron chi connectivity index (χ0n) is 14.7. The normalized spacial score (nSPS) is 23.4. The van der Waals surface area contributed by atoms with Crippen LogP contribution in [-0.4, -0.2) is 45.2 Å². The molecule has 3 unspecified atom stereocenters. The topological polar surface area (TPSA) is 67.4 Å². The summed E-state index contributed by atoms with van der Waals surface area (Å²) in [6.45, 7) is 10.6. The van der Waals surface area contributed by atoms with Gasteiger partial charge >= 0.3 is 6.09 Å². The maximum absolute atomic E-state index is 12.4. The maximum atomic E-state index is 12.4. The van der Waals surface area contributed by atoms with Crippen molar-refractivity contribution in [1.82, 2.24) is 20.2 Å². The van der Waals surface area contributed by atoms with Crippen molar-refractivity contribution in [2.45, 2.75) is 71.2 Å². The fraction of sp³-hybridized carbons (Fsp3) is 0.706. The number of nitrogens with one attached hydrogen (secondary N) is 1. The molecule has 6 heteroatoms. The number of ether oxygens (including phenoxy) is 1. The molecule has 6 nitrogen and oxygen atoms in total. The molecule has 1 amide bonds. The average Bonchev–Trinajstić information content (AvgIpc) is 2.48. The van der Waals surface area contributed by atoms with E-state index in [2.05, 4.69) is 29.1 Å². The third-order valence-electron chi connectivity index (χ3n) is 4.11. The summed E-state index contributed by atoms with van der Waals surface area (Å²) in [5.41, 5.74) is 0.443. The first-order valence-corrected chi connectivity index (χ1v) is 8.29. The summed E-state index contributed by atoms with van der Waals surface area (Å²) in [5.74, 6) is 0. The van der Waals surface area contributed by atoms with Crippen molar-refractivity contribution in [2.24, 2.45) is 0 Å². The van der Waals surface area contributed by atoms with Gasteiger partial charge in [0.1, 0.15) is 5.60 Å². The van der Waals surface area contributed by atoms with Crippen LogP contribution in [0.5, 0.6) is 0 Å². The van der Waals surface area contributed by atoms with Gasteiger partial charge in [0.25, 0.3) is 0 Å². The summed E-state index contributed by atoms with van der Waals surface area (Å²) in [7, 11) is 0. The van der Waals surface area contributed by atoms with Crippen LogP contribution in [0.25, 0.3) is 0 Å². The molecule has 1 aromatic heterocycles. The van der Waals surface area contributed by atoms with Crippen LogP contribution < -0.4 is 5.32 Å². The summed E-state index contributed by atoms with van der Waals surface area (Å²) in [5, 5.41) is 3.58. The Bertz CT molecular complexity index is 515. The average molecular weight is 320 g/mol. The zero-order chi connectivity index (χ0) is 17.0. The standard InChI is InChI=1S/C17H28N4O2/c1-12(15-11-18-8-9-19-15)20-14-7-6-10-21(13(14)2)16(22)23-17(3,4)5/h8-9,11-14,20H,6-7,10H2,1-5H3. The molecule has 3 atom stereocenters. The Hall–Kier alpha value is -1.69. The van der Waals surface area contributed by atoms with Crippen molar-refractivity contribution in [2.75, 3.05) is 6.54 Å². The minimum Gasteiger partial charge on any atom is -0.444 e. The van der Waals surface area contributed by atoms with Crippen molar-refractivity contribution in [3.63, 3.8) is 0 Å². The lowest BCUT2D eigenvalue weighted by molar-refractivity contribution is 0.00640. The maximum Gasteiger partial charge on any atom is 0.410 e. The first kappa shape index (κ1) is 17.7. The molecule has 1 aliphatic rings. The van der Waals surface area contributed by atoms with Crippen LogP contribution in [0.2, 0.25) is 0 Å². The molecule has 23 heavy (non-hydrogen) atoms. The van der Waals surface area contributed by atoms with Crippen LogP contribution in [0.3, 0.4) is 0 Å². The Kier molecular flexibility index (Phi) is 5.57. The van der Waals surface area contributed by atoms with E-state index in [0.29, 0.717) is 0 Å². The highest BCUT2D eigenvalue weighted by atomic mass is 16.6. The van der Waals surface area contributed by atoms with Gasteiger partial charge in [-0.25, -0.2) is 4.79 Å². The van der Waals surface area contributed by atoms with Crippen LogP contribution in [-0.2, 0) is 4.74 Å². The van der Waals surface area contributed by atoms with E-state index in [1.54, 1.807) is 18.6 Å².